The van der Waals surface area contributed by atoms with Gasteiger partial charge in [-0.3, -0.25) is 14.4 Å². The van der Waals surface area contributed by atoms with Crippen LogP contribution in [0.2, 0.25) is 0 Å². The van der Waals surface area contributed by atoms with Gasteiger partial charge in [-0.2, -0.15) is 0 Å². The maximum absolute atomic E-state index is 13.7. The summed E-state index contributed by atoms with van der Waals surface area (Å²) in [6.45, 7) is 4.00. The summed E-state index contributed by atoms with van der Waals surface area (Å²) in [7, 11) is 0. The van der Waals surface area contributed by atoms with Gasteiger partial charge in [0.2, 0.25) is 5.91 Å². The zero-order valence-electron chi connectivity index (χ0n) is 27.9. The Morgan fingerprint density at radius 2 is 1.43 bits per heavy atom. The van der Waals surface area contributed by atoms with Crippen LogP contribution in [0.3, 0.4) is 0 Å². The molecule has 3 N–H and O–H groups in total. The highest BCUT2D eigenvalue weighted by molar-refractivity contribution is 9.10. The number of thioether (sulfide) groups is 1. The number of hydrogen-bond donors (Lipinski definition) is 3. The molecular weight excluding hydrogens is 722 g/mol. The van der Waals surface area contributed by atoms with Crippen LogP contribution in [-0.4, -0.2) is 17.7 Å². The summed E-state index contributed by atoms with van der Waals surface area (Å²) >= 11 is 4.86. The Balaban J connectivity index is 1.20. The summed E-state index contributed by atoms with van der Waals surface area (Å²) in [5.41, 5.74) is 5.54. The van der Waals surface area contributed by atoms with Crippen LogP contribution in [0.15, 0.2) is 159 Å². The predicted molar refractivity (Wildman–Crippen MR) is 208 cm³/mol. The van der Waals surface area contributed by atoms with E-state index in [0.29, 0.717) is 22.8 Å². The summed E-state index contributed by atoms with van der Waals surface area (Å²) in [5.74, 6) is -0.0943. The van der Waals surface area contributed by atoms with Gasteiger partial charge in [-0.15, -0.1) is 11.8 Å². The van der Waals surface area contributed by atoms with Crippen molar-refractivity contribution in [1.82, 2.24) is 5.32 Å². The molecule has 7 nitrogen and oxygen atoms in total. The second kappa shape index (κ2) is 16.4. The van der Waals surface area contributed by atoms with Gasteiger partial charge in [-0.25, -0.2) is 0 Å². The summed E-state index contributed by atoms with van der Waals surface area (Å²) in [5, 5.41) is 8.21. The maximum atomic E-state index is 13.7. The van der Waals surface area contributed by atoms with Gasteiger partial charge in [0, 0.05) is 37.9 Å². The first kappa shape index (κ1) is 35.2. The Morgan fingerprint density at radius 3 is 2.12 bits per heavy atom. The monoisotopic (exact) mass is 755 g/mol. The van der Waals surface area contributed by atoms with E-state index >= 15 is 0 Å². The van der Waals surface area contributed by atoms with E-state index in [1.807, 2.05) is 111 Å². The molecule has 0 fully saturated rings. The number of amides is 3. The minimum Gasteiger partial charge on any atom is -0.457 e. The molecule has 9 heteroatoms. The molecule has 6 aromatic rings. The molecule has 1 heterocycles. The molecule has 3 amide bonds. The third kappa shape index (κ3) is 9.33. The Kier molecular flexibility index (Phi) is 11.3. The first-order valence-electron chi connectivity index (χ1n) is 16.2. The van der Waals surface area contributed by atoms with Crippen LogP contribution >= 0.6 is 27.7 Å². The van der Waals surface area contributed by atoms with E-state index < -0.39 is 17.1 Å². The van der Waals surface area contributed by atoms with Crippen molar-refractivity contribution in [3.05, 3.63) is 178 Å². The third-order valence-electron chi connectivity index (χ3n) is 7.92. The highest BCUT2D eigenvalue weighted by Gasteiger charge is 2.23. The highest BCUT2D eigenvalue weighted by Crippen LogP contribution is 2.37. The summed E-state index contributed by atoms with van der Waals surface area (Å²) in [4.78, 5) is 41.3. The van der Waals surface area contributed by atoms with Crippen LogP contribution in [0.5, 0.6) is 0 Å². The first-order valence-corrected chi connectivity index (χ1v) is 17.8. The van der Waals surface area contributed by atoms with Crippen molar-refractivity contribution in [2.45, 2.75) is 24.0 Å². The lowest BCUT2D eigenvalue weighted by atomic mass is 10.1. The van der Waals surface area contributed by atoms with E-state index in [0.717, 1.165) is 37.3 Å². The number of rotatable bonds is 11. The Morgan fingerprint density at radius 1 is 0.745 bits per heavy atom. The second-order valence-electron chi connectivity index (χ2n) is 11.8. The number of benzene rings is 5. The van der Waals surface area contributed by atoms with Gasteiger partial charge in [-0.1, -0.05) is 94.3 Å². The van der Waals surface area contributed by atoms with Crippen LogP contribution in [0.1, 0.15) is 38.1 Å². The molecule has 5 aromatic carbocycles. The lowest BCUT2D eigenvalue weighted by Crippen LogP contribution is -2.30. The fraction of sp³-hybridized carbons (Fsp3) is 0.0714. The zero-order chi connectivity index (χ0) is 35.7. The van der Waals surface area contributed by atoms with E-state index in [2.05, 4.69) is 31.9 Å². The zero-order valence-corrected chi connectivity index (χ0v) is 30.3. The molecule has 1 atom stereocenters. The van der Waals surface area contributed by atoms with Crippen molar-refractivity contribution in [3.8, 4) is 11.3 Å². The van der Waals surface area contributed by atoms with Crippen molar-refractivity contribution in [2.24, 2.45) is 0 Å². The molecule has 0 bridgehead atoms. The Labute approximate surface area is 309 Å². The molecule has 0 saturated heterocycles. The standard InChI is InChI=1S/C42H34BrN3O4S/c1-27-13-23-36(28(2)25-27)45-42(49)39(30-9-5-3-6-10-30)51-35-21-18-33(19-22-35)44-41(48)37(46-40(47)31-11-7-4-8-12-31)26-34-20-24-38(50-34)29-14-16-32(43)17-15-29/h3-26,39H,1-2H3,(H,44,48)(H,45,49)(H,46,47)/b37-26-. The second-order valence-corrected chi connectivity index (χ2v) is 13.9. The van der Waals surface area contributed by atoms with Crippen molar-refractivity contribution in [2.75, 3.05) is 10.6 Å². The smallest absolute Gasteiger partial charge is 0.272 e. The van der Waals surface area contributed by atoms with Crippen molar-refractivity contribution in [3.63, 3.8) is 0 Å². The van der Waals surface area contributed by atoms with Gasteiger partial charge >= 0.3 is 0 Å². The molecule has 1 unspecified atom stereocenters. The normalized spacial score (nSPS) is 11.8. The van der Waals surface area contributed by atoms with Gasteiger partial charge in [-0.05, 0) is 91.7 Å². The number of aryl methyl sites for hydroxylation is 2. The number of carbonyl (C=O) groups is 3. The number of hydrogen-bond acceptors (Lipinski definition) is 5. The summed E-state index contributed by atoms with van der Waals surface area (Å²) in [6, 6.07) is 42.7. The fourth-order valence-electron chi connectivity index (χ4n) is 5.29. The van der Waals surface area contributed by atoms with E-state index in [1.54, 1.807) is 42.5 Å². The number of nitrogens with one attached hydrogen (secondary N) is 3. The van der Waals surface area contributed by atoms with Gasteiger partial charge in [0.05, 0.1) is 0 Å². The fourth-order valence-corrected chi connectivity index (χ4v) is 6.58. The lowest BCUT2D eigenvalue weighted by molar-refractivity contribution is -0.116. The number of anilines is 2. The molecule has 6 rings (SSSR count). The minimum atomic E-state index is -0.531. The largest absolute Gasteiger partial charge is 0.457 e. The third-order valence-corrected chi connectivity index (χ3v) is 9.71. The molecule has 0 saturated carbocycles. The van der Waals surface area contributed by atoms with Crippen molar-refractivity contribution >= 4 is 62.9 Å². The predicted octanol–water partition coefficient (Wildman–Crippen LogP) is 10.2. The highest BCUT2D eigenvalue weighted by atomic mass is 79.9. The average molecular weight is 757 g/mol. The summed E-state index contributed by atoms with van der Waals surface area (Å²) in [6.07, 6.45) is 1.50. The van der Waals surface area contributed by atoms with Gasteiger partial charge in [0.1, 0.15) is 22.5 Å². The molecule has 51 heavy (non-hydrogen) atoms. The Hall–Kier alpha value is -5.64. The number of halogens is 1. The van der Waals surface area contributed by atoms with Crippen LogP contribution in [0.4, 0.5) is 11.4 Å². The minimum absolute atomic E-state index is 0.00576. The molecule has 0 spiro atoms. The summed E-state index contributed by atoms with van der Waals surface area (Å²) < 4.78 is 6.97. The van der Waals surface area contributed by atoms with Crippen LogP contribution < -0.4 is 16.0 Å². The van der Waals surface area contributed by atoms with Crippen molar-refractivity contribution < 1.29 is 18.8 Å². The molecule has 254 valence electrons. The SMILES string of the molecule is Cc1ccc(NC(=O)C(Sc2ccc(NC(=O)/C(=C/c3ccc(-c4ccc(Br)cc4)o3)NC(=O)c3ccccc3)cc2)c2ccccc2)c(C)c1. The molecular formula is C42H34BrN3O4S. The quantitative estimate of drug-likeness (QED) is 0.0903. The van der Waals surface area contributed by atoms with Crippen LogP contribution in [0.25, 0.3) is 17.4 Å². The molecule has 0 radical (unpaired) electrons. The maximum Gasteiger partial charge on any atom is 0.272 e. The van der Waals surface area contributed by atoms with Crippen molar-refractivity contribution in [1.29, 1.82) is 0 Å². The van der Waals surface area contributed by atoms with E-state index in [1.165, 1.54) is 17.8 Å². The number of furan rings is 1. The van der Waals surface area contributed by atoms with Crippen LogP contribution in [-0.2, 0) is 9.59 Å². The molecule has 0 aliphatic carbocycles. The average Bonchev–Trinajstić information content (AvgIpc) is 3.61. The molecule has 0 aliphatic heterocycles. The van der Waals surface area contributed by atoms with E-state index in [-0.39, 0.29) is 11.6 Å². The topological polar surface area (TPSA) is 100 Å². The molecule has 1 aromatic heterocycles. The van der Waals surface area contributed by atoms with E-state index in [9.17, 15) is 14.4 Å². The van der Waals surface area contributed by atoms with E-state index in [4.69, 9.17) is 4.42 Å². The Bertz CT molecular complexity index is 2180. The molecule has 0 aliphatic rings. The first-order chi connectivity index (χ1) is 24.7. The van der Waals surface area contributed by atoms with Gasteiger partial charge in [0.15, 0.2) is 0 Å². The van der Waals surface area contributed by atoms with Gasteiger partial charge < -0.3 is 20.4 Å². The lowest BCUT2D eigenvalue weighted by Gasteiger charge is -2.18. The number of carbonyl (C=O) groups excluding carboxylic acids is 3. The van der Waals surface area contributed by atoms with Gasteiger partial charge in [0.25, 0.3) is 11.8 Å². The van der Waals surface area contributed by atoms with Crippen LogP contribution in [0, 0.1) is 13.8 Å².